The fourth-order valence-corrected chi connectivity index (χ4v) is 1.15. The quantitative estimate of drug-likeness (QED) is 0.833. The van der Waals surface area contributed by atoms with Crippen LogP contribution in [-0.2, 0) is 10.5 Å². The molecule has 0 saturated heterocycles. The van der Waals surface area contributed by atoms with Gasteiger partial charge in [-0.05, 0) is 26.0 Å². The van der Waals surface area contributed by atoms with Crippen molar-refractivity contribution in [3.63, 3.8) is 0 Å². The molecule has 82 valence electrons. The molecule has 0 aliphatic heterocycles. The third-order valence-corrected chi connectivity index (χ3v) is 2.11. The maximum absolute atomic E-state index is 13.6. The summed E-state index contributed by atoms with van der Waals surface area (Å²) in [6.07, 6.45) is 0. The number of hydrogen-bond donors (Lipinski definition) is 1. The summed E-state index contributed by atoms with van der Waals surface area (Å²) >= 11 is 0. The van der Waals surface area contributed by atoms with E-state index in [2.05, 4.69) is 0 Å². The highest BCUT2D eigenvalue weighted by molar-refractivity contribution is 5.78. The summed E-state index contributed by atoms with van der Waals surface area (Å²) in [5.74, 6) is -0.894. The zero-order valence-electron chi connectivity index (χ0n) is 8.66. The van der Waals surface area contributed by atoms with Gasteiger partial charge in [-0.25, -0.2) is 9.18 Å². The number of aliphatic carboxylic acids is 1. The summed E-state index contributed by atoms with van der Waals surface area (Å²) in [4.78, 5) is 10.6. The van der Waals surface area contributed by atoms with Gasteiger partial charge in [0.15, 0.2) is 0 Å². The van der Waals surface area contributed by atoms with Crippen LogP contribution in [0.15, 0.2) is 24.3 Å². The van der Waals surface area contributed by atoms with Crippen LogP contribution in [0.4, 0.5) is 4.39 Å². The van der Waals surface area contributed by atoms with Gasteiger partial charge in [0.05, 0.1) is 6.61 Å². The second kappa shape index (κ2) is 4.29. The van der Waals surface area contributed by atoms with Crippen molar-refractivity contribution in [3.05, 3.63) is 29.8 Å². The number of carboxylic acid groups (broad SMARTS) is 1. The van der Waals surface area contributed by atoms with Gasteiger partial charge in [-0.15, -0.1) is 0 Å². The van der Waals surface area contributed by atoms with E-state index < -0.39 is 11.6 Å². The SMILES string of the molecule is CCOc1ccc(C(C)(F)C(=O)O)cc1. The molecule has 0 spiro atoms. The third-order valence-electron chi connectivity index (χ3n) is 2.11. The van der Waals surface area contributed by atoms with Crippen molar-refractivity contribution in [3.8, 4) is 5.75 Å². The molecule has 1 aromatic carbocycles. The molecule has 3 nitrogen and oxygen atoms in total. The molecule has 0 aliphatic carbocycles. The van der Waals surface area contributed by atoms with Crippen LogP contribution in [0.5, 0.6) is 5.75 Å². The highest BCUT2D eigenvalue weighted by atomic mass is 19.1. The molecule has 4 heteroatoms. The summed E-state index contributed by atoms with van der Waals surface area (Å²) in [5, 5.41) is 8.66. The largest absolute Gasteiger partial charge is 0.494 e. The lowest BCUT2D eigenvalue weighted by Gasteiger charge is -2.15. The second-order valence-corrected chi connectivity index (χ2v) is 3.27. The maximum Gasteiger partial charge on any atom is 0.345 e. The van der Waals surface area contributed by atoms with E-state index in [1.54, 1.807) is 12.1 Å². The molecule has 1 unspecified atom stereocenters. The van der Waals surface area contributed by atoms with Gasteiger partial charge in [0, 0.05) is 5.56 Å². The summed E-state index contributed by atoms with van der Waals surface area (Å²) < 4.78 is 18.8. The van der Waals surface area contributed by atoms with Crippen molar-refractivity contribution >= 4 is 5.97 Å². The number of ether oxygens (including phenoxy) is 1. The number of halogens is 1. The molecule has 1 N–H and O–H groups in total. The Kier molecular flexibility index (Phi) is 3.29. The highest BCUT2D eigenvalue weighted by Gasteiger charge is 2.34. The van der Waals surface area contributed by atoms with Crippen molar-refractivity contribution in [1.82, 2.24) is 0 Å². The van der Waals surface area contributed by atoms with Crippen LogP contribution in [0.25, 0.3) is 0 Å². The van der Waals surface area contributed by atoms with E-state index in [0.29, 0.717) is 12.4 Å². The molecule has 1 rings (SSSR count). The van der Waals surface area contributed by atoms with Crippen LogP contribution in [0.1, 0.15) is 19.4 Å². The number of benzene rings is 1. The minimum Gasteiger partial charge on any atom is -0.494 e. The van der Waals surface area contributed by atoms with Crippen LogP contribution in [0.3, 0.4) is 0 Å². The van der Waals surface area contributed by atoms with Gasteiger partial charge in [-0.2, -0.15) is 0 Å². The maximum atomic E-state index is 13.6. The van der Waals surface area contributed by atoms with Crippen LogP contribution in [-0.4, -0.2) is 17.7 Å². The minimum absolute atomic E-state index is 0.110. The first-order valence-corrected chi connectivity index (χ1v) is 4.64. The number of alkyl halides is 1. The first-order valence-electron chi connectivity index (χ1n) is 4.64. The summed E-state index contributed by atoms with van der Waals surface area (Å²) in [5.41, 5.74) is -2.25. The standard InChI is InChI=1S/C11H13FO3/c1-3-15-9-6-4-8(5-7-9)11(2,12)10(13)14/h4-7H,3H2,1-2H3,(H,13,14). The van der Waals surface area contributed by atoms with Crippen molar-refractivity contribution < 1.29 is 19.0 Å². The zero-order chi connectivity index (χ0) is 11.5. The smallest absolute Gasteiger partial charge is 0.345 e. The van der Waals surface area contributed by atoms with Gasteiger partial charge in [0.25, 0.3) is 0 Å². The Morgan fingerprint density at radius 3 is 2.40 bits per heavy atom. The Morgan fingerprint density at radius 1 is 1.47 bits per heavy atom. The Bertz CT molecular complexity index is 343. The zero-order valence-corrected chi connectivity index (χ0v) is 8.66. The van der Waals surface area contributed by atoms with Crippen molar-refractivity contribution in [2.75, 3.05) is 6.61 Å². The topological polar surface area (TPSA) is 46.5 Å². The van der Waals surface area contributed by atoms with E-state index in [4.69, 9.17) is 9.84 Å². The third kappa shape index (κ3) is 2.46. The fraction of sp³-hybridized carbons (Fsp3) is 0.364. The molecule has 0 saturated carbocycles. The van der Waals surface area contributed by atoms with E-state index >= 15 is 0 Å². The Hall–Kier alpha value is -1.58. The van der Waals surface area contributed by atoms with E-state index in [1.165, 1.54) is 12.1 Å². The van der Waals surface area contributed by atoms with Gasteiger partial charge in [-0.3, -0.25) is 0 Å². The van der Waals surface area contributed by atoms with Crippen LogP contribution >= 0.6 is 0 Å². The predicted octanol–water partition coefficient (Wildman–Crippen LogP) is 2.35. The molecule has 15 heavy (non-hydrogen) atoms. The molecular weight excluding hydrogens is 199 g/mol. The number of rotatable bonds is 4. The Balaban J connectivity index is 2.93. The molecular formula is C11H13FO3. The van der Waals surface area contributed by atoms with E-state index in [1.807, 2.05) is 6.92 Å². The average molecular weight is 212 g/mol. The summed E-state index contributed by atoms with van der Waals surface area (Å²) in [7, 11) is 0. The van der Waals surface area contributed by atoms with Gasteiger partial charge in [-0.1, -0.05) is 12.1 Å². The van der Waals surface area contributed by atoms with Crippen molar-refractivity contribution in [2.45, 2.75) is 19.5 Å². The second-order valence-electron chi connectivity index (χ2n) is 3.27. The first kappa shape index (κ1) is 11.5. The lowest BCUT2D eigenvalue weighted by atomic mass is 9.98. The van der Waals surface area contributed by atoms with Crippen LogP contribution in [0, 0.1) is 0 Å². The number of hydrogen-bond acceptors (Lipinski definition) is 2. The molecule has 0 fully saturated rings. The number of carbonyl (C=O) groups is 1. The molecule has 0 bridgehead atoms. The summed E-state index contributed by atoms with van der Waals surface area (Å²) in [6, 6.07) is 5.94. The Labute approximate surface area is 87.5 Å². The van der Waals surface area contributed by atoms with Crippen molar-refractivity contribution in [2.24, 2.45) is 0 Å². The number of carboxylic acids is 1. The van der Waals surface area contributed by atoms with E-state index in [0.717, 1.165) is 6.92 Å². The fourth-order valence-electron chi connectivity index (χ4n) is 1.15. The van der Waals surface area contributed by atoms with Crippen LogP contribution < -0.4 is 4.74 Å². The van der Waals surface area contributed by atoms with Gasteiger partial charge >= 0.3 is 5.97 Å². The van der Waals surface area contributed by atoms with Gasteiger partial charge in [0.2, 0.25) is 5.67 Å². The lowest BCUT2D eigenvalue weighted by molar-refractivity contribution is -0.150. The van der Waals surface area contributed by atoms with Gasteiger partial charge < -0.3 is 9.84 Å². The van der Waals surface area contributed by atoms with E-state index in [9.17, 15) is 9.18 Å². The van der Waals surface area contributed by atoms with E-state index in [-0.39, 0.29) is 5.56 Å². The average Bonchev–Trinajstić information content (AvgIpc) is 2.19. The predicted molar refractivity (Wildman–Crippen MR) is 53.7 cm³/mol. The molecule has 0 radical (unpaired) electrons. The lowest BCUT2D eigenvalue weighted by Crippen LogP contribution is -2.26. The molecule has 1 aromatic rings. The molecule has 1 atom stereocenters. The van der Waals surface area contributed by atoms with Gasteiger partial charge in [0.1, 0.15) is 5.75 Å². The molecule has 0 aromatic heterocycles. The minimum atomic E-state index is -2.36. The van der Waals surface area contributed by atoms with Crippen LogP contribution in [0.2, 0.25) is 0 Å². The molecule has 0 heterocycles. The summed E-state index contributed by atoms with van der Waals surface area (Å²) in [6.45, 7) is 3.38. The monoisotopic (exact) mass is 212 g/mol. The Morgan fingerprint density at radius 2 is 2.00 bits per heavy atom. The first-order chi connectivity index (χ1) is 6.98. The normalized spacial score (nSPS) is 14.3. The van der Waals surface area contributed by atoms with Crippen molar-refractivity contribution in [1.29, 1.82) is 0 Å². The highest BCUT2D eigenvalue weighted by Crippen LogP contribution is 2.27. The molecule has 0 amide bonds. The molecule has 0 aliphatic rings.